The Hall–Kier alpha value is -3.37. The molecule has 5 heteroatoms. The van der Waals surface area contributed by atoms with Crippen LogP contribution in [0.4, 0.5) is 11.4 Å². The van der Waals surface area contributed by atoms with Gasteiger partial charge in [0.2, 0.25) is 5.55 Å². The predicted molar refractivity (Wildman–Crippen MR) is 112 cm³/mol. The molecule has 4 nitrogen and oxygen atoms in total. The summed E-state index contributed by atoms with van der Waals surface area (Å²) in [6.07, 6.45) is 0. The second kappa shape index (κ2) is 7.71. The molecule has 4 aromatic rings. The first-order chi connectivity index (χ1) is 13.6. The standard InChI is InChI=1S/C23H17ClN2O2/c1-15-13-17(24)11-12-20(15)26-23-19(14-16-7-5-6-10-21(16)28-23)22(27)25-18-8-3-2-4-9-18/h2-14H,1H3,(H,25,27). The zero-order chi connectivity index (χ0) is 19.5. The van der Waals surface area contributed by atoms with E-state index in [9.17, 15) is 4.79 Å². The Labute approximate surface area is 167 Å². The van der Waals surface area contributed by atoms with Gasteiger partial charge in [-0.05, 0) is 55.0 Å². The molecule has 1 heterocycles. The summed E-state index contributed by atoms with van der Waals surface area (Å²) in [6.45, 7) is 1.91. The third-order valence-corrected chi connectivity index (χ3v) is 4.55. The zero-order valence-corrected chi connectivity index (χ0v) is 15.9. The number of aryl methyl sites for hydroxylation is 1. The lowest BCUT2D eigenvalue weighted by atomic mass is 10.1. The molecule has 0 spiro atoms. The Morgan fingerprint density at radius 3 is 2.50 bits per heavy atom. The number of hydrogen-bond acceptors (Lipinski definition) is 3. The third kappa shape index (κ3) is 3.82. The average Bonchev–Trinajstić information content (AvgIpc) is 2.70. The molecule has 0 aliphatic rings. The van der Waals surface area contributed by atoms with Crippen LogP contribution in [0.1, 0.15) is 15.9 Å². The monoisotopic (exact) mass is 388 g/mol. The van der Waals surface area contributed by atoms with Crippen molar-refractivity contribution in [2.45, 2.75) is 6.92 Å². The van der Waals surface area contributed by atoms with Crippen molar-refractivity contribution in [3.8, 4) is 0 Å². The van der Waals surface area contributed by atoms with Crippen molar-refractivity contribution in [2.24, 2.45) is 4.99 Å². The number of amides is 1. The van der Waals surface area contributed by atoms with Gasteiger partial charge in [0.1, 0.15) is 11.1 Å². The molecule has 0 saturated heterocycles. The maximum atomic E-state index is 13.0. The van der Waals surface area contributed by atoms with Gasteiger partial charge < -0.3 is 9.73 Å². The number of fused-ring (bicyclic) bond motifs is 1. The van der Waals surface area contributed by atoms with Crippen LogP contribution in [0.5, 0.6) is 0 Å². The quantitative estimate of drug-likeness (QED) is 0.476. The molecular formula is C23H17ClN2O2. The van der Waals surface area contributed by atoms with E-state index in [-0.39, 0.29) is 11.5 Å². The van der Waals surface area contributed by atoms with Crippen molar-refractivity contribution in [3.63, 3.8) is 0 Å². The highest BCUT2D eigenvalue weighted by Crippen LogP contribution is 2.22. The maximum absolute atomic E-state index is 13.0. The van der Waals surface area contributed by atoms with E-state index in [4.69, 9.17) is 16.0 Å². The van der Waals surface area contributed by atoms with E-state index in [1.807, 2.05) is 67.6 Å². The summed E-state index contributed by atoms with van der Waals surface area (Å²) in [5.74, 6) is -0.286. The minimum atomic E-state index is -0.286. The van der Waals surface area contributed by atoms with Gasteiger partial charge >= 0.3 is 0 Å². The molecule has 1 aromatic heterocycles. The summed E-state index contributed by atoms with van der Waals surface area (Å²) in [4.78, 5) is 17.6. The Morgan fingerprint density at radius 1 is 0.964 bits per heavy atom. The van der Waals surface area contributed by atoms with E-state index in [0.29, 0.717) is 27.5 Å². The summed E-state index contributed by atoms with van der Waals surface area (Å²) in [6, 6.07) is 24.0. The van der Waals surface area contributed by atoms with Crippen LogP contribution in [-0.4, -0.2) is 5.91 Å². The Morgan fingerprint density at radius 2 is 1.71 bits per heavy atom. The molecule has 0 aliphatic heterocycles. The van der Waals surface area contributed by atoms with Gasteiger partial charge in [0, 0.05) is 16.1 Å². The first-order valence-electron chi connectivity index (χ1n) is 8.80. The summed E-state index contributed by atoms with van der Waals surface area (Å²) in [5, 5.41) is 4.35. The molecule has 0 saturated carbocycles. The van der Waals surface area contributed by atoms with E-state index in [2.05, 4.69) is 10.3 Å². The van der Waals surface area contributed by atoms with Crippen molar-refractivity contribution in [2.75, 3.05) is 5.32 Å². The number of benzene rings is 3. The molecule has 0 bridgehead atoms. The third-order valence-electron chi connectivity index (χ3n) is 4.31. The molecule has 0 fully saturated rings. The van der Waals surface area contributed by atoms with Crippen molar-refractivity contribution < 1.29 is 9.21 Å². The molecule has 3 aromatic carbocycles. The smallest absolute Gasteiger partial charge is 0.261 e. The topological polar surface area (TPSA) is 54.6 Å². The molecule has 138 valence electrons. The summed E-state index contributed by atoms with van der Waals surface area (Å²) < 4.78 is 5.98. The van der Waals surface area contributed by atoms with Gasteiger partial charge in [-0.3, -0.25) is 4.79 Å². The Kier molecular flexibility index (Phi) is 4.96. The van der Waals surface area contributed by atoms with Gasteiger partial charge in [0.15, 0.2) is 0 Å². The van der Waals surface area contributed by atoms with Crippen LogP contribution in [0, 0.1) is 6.92 Å². The van der Waals surface area contributed by atoms with Crippen LogP contribution in [0.2, 0.25) is 5.02 Å². The van der Waals surface area contributed by atoms with E-state index in [0.717, 1.165) is 10.9 Å². The number of nitrogens with zero attached hydrogens (tertiary/aromatic N) is 1. The highest BCUT2D eigenvalue weighted by atomic mass is 35.5. The minimum Gasteiger partial charge on any atom is -0.438 e. The van der Waals surface area contributed by atoms with Crippen LogP contribution < -0.4 is 10.9 Å². The van der Waals surface area contributed by atoms with Crippen molar-refractivity contribution >= 4 is 39.9 Å². The number of halogens is 1. The highest BCUT2D eigenvalue weighted by Gasteiger charge is 2.13. The molecule has 0 unspecified atom stereocenters. The lowest BCUT2D eigenvalue weighted by molar-refractivity contribution is 0.102. The van der Waals surface area contributed by atoms with Crippen molar-refractivity contribution in [3.05, 3.63) is 101 Å². The van der Waals surface area contributed by atoms with Crippen molar-refractivity contribution in [1.82, 2.24) is 0 Å². The van der Waals surface area contributed by atoms with E-state index in [1.54, 1.807) is 18.2 Å². The summed E-state index contributed by atoms with van der Waals surface area (Å²) >= 11 is 6.04. The SMILES string of the molecule is Cc1cc(Cl)ccc1N=c1oc2ccccc2cc1C(=O)Nc1ccccc1. The fraction of sp³-hybridized carbons (Fsp3) is 0.0435. The number of nitrogens with one attached hydrogen (secondary N) is 1. The van der Waals surface area contributed by atoms with Gasteiger partial charge in [-0.2, -0.15) is 0 Å². The summed E-state index contributed by atoms with van der Waals surface area (Å²) in [7, 11) is 0. The molecule has 0 aliphatic carbocycles. The number of para-hydroxylation sites is 2. The van der Waals surface area contributed by atoms with Gasteiger partial charge in [-0.1, -0.05) is 48.0 Å². The second-order valence-electron chi connectivity index (χ2n) is 6.37. The van der Waals surface area contributed by atoms with E-state index < -0.39 is 0 Å². The van der Waals surface area contributed by atoms with Crippen LogP contribution in [-0.2, 0) is 0 Å². The minimum absolute atomic E-state index is 0.248. The van der Waals surface area contributed by atoms with Crippen LogP contribution in [0.3, 0.4) is 0 Å². The number of carbonyl (C=O) groups is 1. The molecule has 28 heavy (non-hydrogen) atoms. The normalized spacial score (nSPS) is 11.6. The number of anilines is 1. The lowest BCUT2D eigenvalue weighted by Gasteiger charge is -2.07. The molecular weight excluding hydrogens is 372 g/mol. The predicted octanol–water partition coefficient (Wildman–Crippen LogP) is 5.88. The maximum Gasteiger partial charge on any atom is 0.261 e. The van der Waals surface area contributed by atoms with Crippen LogP contribution in [0.15, 0.2) is 88.3 Å². The van der Waals surface area contributed by atoms with E-state index >= 15 is 0 Å². The second-order valence-corrected chi connectivity index (χ2v) is 6.80. The van der Waals surface area contributed by atoms with Gasteiger partial charge in [-0.15, -0.1) is 0 Å². The number of rotatable bonds is 3. The van der Waals surface area contributed by atoms with E-state index in [1.165, 1.54) is 0 Å². The molecule has 1 amide bonds. The zero-order valence-electron chi connectivity index (χ0n) is 15.1. The van der Waals surface area contributed by atoms with Crippen LogP contribution in [0.25, 0.3) is 11.0 Å². The fourth-order valence-corrected chi connectivity index (χ4v) is 3.12. The molecule has 4 rings (SSSR count). The Bertz CT molecular complexity index is 1230. The van der Waals surface area contributed by atoms with Gasteiger partial charge in [0.25, 0.3) is 5.91 Å². The molecule has 1 N–H and O–H groups in total. The average molecular weight is 389 g/mol. The van der Waals surface area contributed by atoms with Gasteiger partial charge in [0.05, 0.1) is 5.69 Å². The fourth-order valence-electron chi connectivity index (χ4n) is 2.89. The Balaban J connectivity index is 1.87. The van der Waals surface area contributed by atoms with Crippen molar-refractivity contribution in [1.29, 1.82) is 0 Å². The molecule has 0 atom stereocenters. The molecule has 0 radical (unpaired) electrons. The largest absolute Gasteiger partial charge is 0.438 e. The van der Waals surface area contributed by atoms with Crippen LogP contribution >= 0.6 is 11.6 Å². The lowest BCUT2D eigenvalue weighted by Crippen LogP contribution is -2.21. The number of carbonyl (C=O) groups excluding carboxylic acids is 1. The first-order valence-corrected chi connectivity index (χ1v) is 9.18. The number of hydrogen-bond donors (Lipinski definition) is 1. The summed E-state index contributed by atoms with van der Waals surface area (Å²) in [5.41, 5.74) is 3.55. The highest BCUT2D eigenvalue weighted by molar-refractivity contribution is 6.30. The van der Waals surface area contributed by atoms with Gasteiger partial charge in [-0.25, -0.2) is 4.99 Å². The first kappa shape index (κ1) is 18.0.